The van der Waals surface area contributed by atoms with E-state index in [9.17, 15) is 0 Å². The van der Waals surface area contributed by atoms with Crippen molar-refractivity contribution in [3.05, 3.63) is 0 Å². The Morgan fingerprint density at radius 2 is 0.800 bits per heavy atom. The molecule has 0 bridgehead atoms. The fourth-order valence-corrected chi connectivity index (χ4v) is 0. The molecule has 0 fully saturated rings. The SMILES string of the molecule is O.O.O.O.O=[Se](=O)(O)O.[Be]. The predicted octanol–water partition coefficient (Wildman–Crippen LogP) is -5.41. The summed E-state index contributed by atoms with van der Waals surface area (Å²) < 4.78 is 31.9. The first kappa shape index (κ1) is 50.2. The Bertz CT molecular complexity index is 92.4. The average Bonchev–Trinajstić information content (AvgIpc) is 0.722. The standard InChI is InChI=1S/Be.H2O4Se.4H2O/c;1-5(2,3)4;;;;/h;(H2,1,2,3,4);4*1H2. The van der Waals surface area contributed by atoms with E-state index in [1.165, 1.54) is 0 Å². The van der Waals surface area contributed by atoms with E-state index in [2.05, 4.69) is 0 Å². The molecule has 0 aliphatic rings. The Morgan fingerprint density at radius 1 is 0.800 bits per heavy atom. The zero-order valence-corrected chi connectivity index (χ0v) is 6.54. The van der Waals surface area contributed by atoms with E-state index in [4.69, 9.17) is 16.0 Å². The molecule has 10 heavy (non-hydrogen) atoms. The van der Waals surface area contributed by atoms with Crippen molar-refractivity contribution in [1.82, 2.24) is 0 Å². The Hall–Kier alpha value is 0.0483. The molecule has 10 N–H and O–H groups in total. The molecule has 0 aromatic heterocycles. The van der Waals surface area contributed by atoms with Gasteiger partial charge < -0.3 is 21.9 Å². The second-order valence-corrected chi connectivity index (χ2v) is 2.33. The van der Waals surface area contributed by atoms with Gasteiger partial charge in [0.25, 0.3) is 0 Å². The largest absolute Gasteiger partial charge is 0 e. The zero-order chi connectivity index (χ0) is 4.50. The van der Waals surface area contributed by atoms with Crippen LogP contribution in [0.25, 0.3) is 0 Å². The number of rotatable bonds is 0. The van der Waals surface area contributed by atoms with Gasteiger partial charge in [0.2, 0.25) is 0 Å². The van der Waals surface area contributed by atoms with Gasteiger partial charge in [-0.25, -0.2) is 0 Å². The summed E-state index contributed by atoms with van der Waals surface area (Å²) in [7, 11) is 0. The van der Waals surface area contributed by atoms with Crippen molar-refractivity contribution in [2.24, 2.45) is 0 Å². The van der Waals surface area contributed by atoms with Crippen LogP contribution in [0.5, 0.6) is 0 Å². The van der Waals surface area contributed by atoms with E-state index in [0.29, 0.717) is 0 Å². The fourth-order valence-electron chi connectivity index (χ4n) is 0. The summed E-state index contributed by atoms with van der Waals surface area (Å²) in [6.07, 6.45) is 0. The molecule has 0 amide bonds. The van der Waals surface area contributed by atoms with Gasteiger partial charge >= 0.3 is 29.4 Å². The summed E-state index contributed by atoms with van der Waals surface area (Å²) in [6.45, 7) is 0. The van der Waals surface area contributed by atoms with Gasteiger partial charge in [0.1, 0.15) is 0 Å². The molecule has 0 unspecified atom stereocenters. The van der Waals surface area contributed by atoms with Gasteiger partial charge in [-0.2, -0.15) is 0 Å². The van der Waals surface area contributed by atoms with Gasteiger partial charge in [-0.15, -0.1) is 0 Å². The molecular formula is H10BeO8Se. The third-order valence-electron chi connectivity index (χ3n) is 0. The van der Waals surface area contributed by atoms with Gasteiger partial charge in [-0.1, -0.05) is 0 Å². The van der Waals surface area contributed by atoms with Crippen LogP contribution < -0.4 is 0 Å². The first-order chi connectivity index (χ1) is 2.00. The second-order valence-electron chi connectivity index (χ2n) is 0.448. The Balaban J connectivity index is -0.00000000800. The maximum Gasteiger partial charge on any atom is 0 e. The van der Waals surface area contributed by atoms with Crippen LogP contribution in [0.3, 0.4) is 0 Å². The third kappa shape index (κ3) is 171000. The van der Waals surface area contributed by atoms with E-state index >= 15 is 0 Å². The van der Waals surface area contributed by atoms with Gasteiger partial charge in [0.15, 0.2) is 0 Å². The molecule has 10 heteroatoms. The van der Waals surface area contributed by atoms with E-state index in [1.54, 1.807) is 0 Å². The molecule has 0 heterocycles. The minimum absolute atomic E-state index is 0. The first-order valence-corrected chi connectivity index (χ1v) is 3.63. The van der Waals surface area contributed by atoms with E-state index in [0.717, 1.165) is 0 Å². The van der Waals surface area contributed by atoms with Crippen molar-refractivity contribution in [3.8, 4) is 0 Å². The molecule has 0 aromatic carbocycles. The number of hydrogen-bond donors (Lipinski definition) is 2. The van der Waals surface area contributed by atoms with Crippen LogP contribution in [0.2, 0.25) is 0 Å². The van der Waals surface area contributed by atoms with Crippen LogP contribution in [-0.4, -0.2) is 53.8 Å². The molecular weight excluding hydrogens is 216 g/mol. The van der Waals surface area contributed by atoms with Crippen LogP contribution in [-0.2, 0) is 7.67 Å². The second kappa shape index (κ2) is 16.0. The smallest absolute Gasteiger partial charge is 0 e. The van der Waals surface area contributed by atoms with Crippen LogP contribution in [0.15, 0.2) is 0 Å². The van der Waals surface area contributed by atoms with Crippen molar-refractivity contribution in [3.63, 3.8) is 0 Å². The van der Waals surface area contributed by atoms with E-state index in [-0.39, 0.29) is 32.0 Å². The van der Waals surface area contributed by atoms with Crippen molar-refractivity contribution in [2.45, 2.75) is 0 Å². The molecule has 2 radical (unpaired) electrons. The molecule has 0 rings (SSSR count). The zero-order valence-electron chi connectivity index (χ0n) is 4.83. The van der Waals surface area contributed by atoms with Crippen LogP contribution in [0, 0.1) is 0 Å². The maximum atomic E-state index is 8.82. The molecule has 0 saturated carbocycles. The summed E-state index contributed by atoms with van der Waals surface area (Å²) in [6, 6.07) is 0. The van der Waals surface area contributed by atoms with Crippen LogP contribution in [0.4, 0.5) is 0 Å². The summed E-state index contributed by atoms with van der Waals surface area (Å²) in [4.78, 5) is 0. The third-order valence-corrected chi connectivity index (χ3v) is 0. The summed E-state index contributed by atoms with van der Waals surface area (Å²) in [5, 5.41) is 0. The molecule has 0 aliphatic heterocycles. The molecule has 0 saturated heterocycles. The minimum atomic E-state index is -5.25. The van der Waals surface area contributed by atoms with Crippen LogP contribution >= 0.6 is 0 Å². The van der Waals surface area contributed by atoms with Crippen LogP contribution in [0.1, 0.15) is 0 Å². The quantitative estimate of drug-likeness (QED) is 0.388. The van der Waals surface area contributed by atoms with Gasteiger partial charge in [0.05, 0.1) is 0 Å². The predicted molar refractivity (Wildman–Crippen MR) is 31.8 cm³/mol. The summed E-state index contributed by atoms with van der Waals surface area (Å²) in [5.41, 5.74) is 0. The summed E-state index contributed by atoms with van der Waals surface area (Å²) >= 11 is -5.25. The van der Waals surface area contributed by atoms with Crippen molar-refractivity contribution < 1.29 is 38.0 Å². The molecule has 0 aliphatic carbocycles. The Kier molecular flexibility index (Phi) is 80.4. The molecule has 0 aromatic rings. The normalized spacial score (nSPS) is 5.80. The first-order valence-electron chi connectivity index (χ1n) is 0.698. The van der Waals surface area contributed by atoms with Crippen molar-refractivity contribution >= 4 is 23.5 Å². The monoisotopic (exact) mass is 227 g/mol. The molecule has 8 nitrogen and oxygen atoms in total. The van der Waals surface area contributed by atoms with Gasteiger partial charge in [-0.05, 0) is 0 Å². The molecule has 0 atom stereocenters. The average molecular weight is 226 g/mol. The van der Waals surface area contributed by atoms with E-state index < -0.39 is 13.4 Å². The van der Waals surface area contributed by atoms with Crippen molar-refractivity contribution in [1.29, 1.82) is 0 Å². The van der Waals surface area contributed by atoms with Crippen molar-refractivity contribution in [2.75, 3.05) is 0 Å². The Morgan fingerprint density at radius 3 is 0.800 bits per heavy atom. The summed E-state index contributed by atoms with van der Waals surface area (Å²) in [5.74, 6) is 0. The molecule has 0 spiro atoms. The maximum absolute atomic E-state index is 8.82. The molecule has 66 valence electrons. The number of hydrogen-bond acceptors (Lipinski definition) is 2. The Labute approximate surface area is 62.2 Å². The topological polar surface area (TPSA) is 201 Å². The fraction of sp³-hybridized carbons (Fsp3) is 0. The van der Waals surface area contributed by atoms with Gasteiger partial charge in [0, 0.05) is 10.1 Å². The van der Waals surface area contributed by atoms with Gasteiger partial charge in [-0.3, -0.25) is 0 Å². The van der Waals surface area contributed by atoms with E-state index in [1.807, 2.05) is 0 Å². The minimum Gasteiger partial charge on any atom is 0 e.